The number of nitrogens with zero attached hydrogens (tertiary/aromatic N) is 1. The van der Waals surface area contributed by atoms with E-state index in [9.17, 15) is 19.2 Å². The van der Waals surface area contributed by atoms with Crippen LogP contribution >= 0.6 is 58.8 Å². The third-order valence-electron chi connectivity index (χ3n) is 6.90. The molecular formula is C37H34Cl5NO12. The van der Waals surface area contributed by atoms with Crippen LogP contribution < -0.4 is 18.9 Å². The van der Waals surface area contributed by atoms with Crippen LogP contribution in [-0.4, -0.2) is 87.9 Å². The lowest BCUT2D eigenvalue weighted by Gasteiger charge is -2.33. The maximum atomic E-state index is 13.0. The second-order valence-electron chi connectivity index (χ2n) is 10.9. The lowest BCUT2D eigenvalue weighted by atomic mass is 10.3. The highest BCUT2D eigenvalue weighted by Gasteiger charge is 2.32. The van der Waals surface area contributed by atoms with Gasteiger partial charge < -0.3 is 37.9 Å². The molecule has 55 heavy (non-hydrogen) atoms. The van der Waals surface area contributed by atoms with E-state index >= 15 is 0 Å². The number of esters is 4. The van der Waals surface area contributed by atoms with Crippen molar-refractivity contribution in [3.8, 4) is 23.0 Å². The van der Waals surface area contributed by atoms with E-state index in [1.54, 1.807) is 97.1 Å². The topological polar surface area (TPSA) is 145 Å². The first-order valence-corrected chi connectivity index (χ1v) is 17.4. The van der Waals surface area contributed by atoms with Gasteiger partial charge in [0.1, 0.15) is 36.2 Å². The van der Waals surface area contributed by atoms with Crippen LogP contribution in [0.4, 0.5) is 0 Å². The first-order valence-electron chi connectivity index (χ1n) is 15.9. The Balaban J connectivity index is 0.00000812. The monoisotopic (exact) mass is 859 g/mol. The van der Waals surface area contributed by atoms with E-state index in [1.165, 1.54) is 11.9 Å². The van der Waals surface area contributed by atoms with Gasteiger partial charge in [-0.2, -0.15) is 0 Å². The first-order chi connectivity index (χ1) is 25.9. The summed E-state index contributed by atoms with van der Waals surface area (Å²) in [4.78, 5) is 52.5. The maximum Gasteiger partial charge on any atom is 0.345 e. The number of hydrogen-bond acceptors (Lipinski definition) is 13. The molecule has 0 saturated carbocycles. The standard InChI is InChI=1S/C37H33Cl4NO12.ClH/c1-42(32(53-36(45)22-49-30-14-6-26(40)7-15-30)18-51-34(43)20-47-28-10-2-24(38)3-11-28)33(54-37(46)23-50-31-16-8-27(41)9-17-31)19-52-35(44)21-48-29-12-4-25(39)5-13-29;/h2-17,32-33H,18-23H2,1H3;1H. The van der Waals surface area contributed by atoms with Gasteiger partial charge in [-0.3, -0.25) is 0 Å². The Bertz CT molecular complexity index is 1680. The van der Waals surface area contributed by atoms with E-state index in [1.807, 2.05) is 0 Å². The fraction of sp³-hybridized carbons (Fsp3) is 0.243. The van der Waals surface area contributed by atoms with E-state index in [-0.39, 0.29) is 12.4 Å². The molecule has 0 saturated heterocycles. The summed E-state index contributed by atoms with van der Waals surface area (Å²) in [7, 11) is 1.38. The van der Waals surface area contributed by atoms with Crippen LogP contribution in [0.25, 0.3) is 0 Å². The van der Waals surface area contributed by atoms with E-state index in [0.717, 1.165) is 0 Å². The number of benzene rings is 4. The van der Waals surface area contributed by atoms with Crippen molar-refractivity contribution in [1.29, 1.82) is 0 Å². The summed E-state index contributed by atoms with van der Waals surface area (Å²) in [6.45, 7) is -3.27. The zero-order valence-corrected chi connectivity index (χ0v) is 32.7. The number of likely N-dealkylation sites (N-methyl/N-ethyl adjacent to an activating group) is 1. The van der Waals surface area contributed by atoms with E-state index in [4.69, 9.17) is 84.3 Å². The third-order valence-corrected chi connectivity index (χ3v) is 7.91. The van der Waals surface area contributed by atoms with Crippen LogP contribution in [0, 0.1) is 0 Å². The summed E-state index contributed by atoms with van der Waals surface area (Å²) in [5, 5.41) is 1.88. The minimum Gasteiger partial charge on any atom is -0.482 e. The van der Waals surface area contributed by atoms with E-state index < -0.39 is 76.0 Å². The summed E-state index contributed by atoms with van der Waals surface area (Å²) in [6.07, 6.45) is -2.82. The highest BCUT2D eigenvalue weighted by Crippen LogP contribution is 2.19. The number of ether oxygens (including phenoxy) is 8. The fourth-order valence-electron chi connectivity index (χ4n) is 4.13. The number of halogens is 5. The van der Waals surface area contributed by atoms with Crippen LogP contribution in [0.1, 0.15) is 0 Å². The second-order valence-corrected chi connectivity index (χ2v) is 12.6. The molecule has 0 radical (unpaired) electrons. The molecule has 294 valence electrons. The minimum absolute atomic E-state index is 0. The van der Waals surface area contributed by atoms with Gasteiger partial charge in [0.15, 0.2) is 38.9 Å². The number of carbonyl (C=O) groups is 4. The van der Waals surface area contributed by atoms with Crippen LogP contribution in [0.2, 0.25) is 20.1 Å². The van der Waals surface area contributed by atoms with Crippen LogP contribution in [0.15, 0.2) is 97.1 Å². The van der Waals surface area contributed by atoms with Crippen LogP contribution in [0.3, 0.4) is 0 Å². The Kier molecular flexibility index (Phi) is 19.0. The molecule has 0 N–H and O–H groups in total. The molecule has 0 aromatic heterocycles. The SMILES string of the molecule is CN(C(COC(=O)COc1ccc(Cl)cc1)OC(=O)COc1ccc(Cl)cc1)C(COC(=O)COc1ccc(Cl)cc1)OC(=O)COc1ccc(Cl)cc1.Cl. The maximum absolute atomic E-state index is 13.0. The molecule has 0 amide bonds. The predicted octanol–water partition coefficient (Wildman–Crippen LogP) is 7.09. The fourth-order valence-corrected chi connectivity index (χ4v) is 4.63. The molecule has 2 atom stereocenters. The molecule has 2 unspecified atom stereocenters. The highest BCUT2D eigenvalue weighted by molar-refractivity contribution is 6.31. The molecule has 4 aromatic rings. The molecular weight excluding hydrogens is 828 g/mol. The lowest BCUT2D eigenvalue weighted by Crippen LogP contribution is -2.50. The Labute approximate surface area is 342 Å². The first kappa shape index (κ1) is 44.8. The smallest absolute Gasteiger partial charge is 0.345 e. The summed E-state index contributed by atoms with van der Waals surface area (Å²) in [5.41, 5.74) is 0. The zero-order valence-electron chi connectivity index (χ0n) is 28.9. The molecule has 13 nitrogen and oxygen atoms in total. The second kappa shape index (κ2) is 23.3. The molecule has 0 aliphatic rings. The Morgan fingerprint density at radius 2 is 0.691 bits per heavy atom. The van der Waals surface area contributed by atoms with Gasteiger partial charge >= 0.3 is 23.9 Å². The number of rotatable bonds is 20. The minimum atomic E-state index is -1.41. The van der Waals surface area contributed by atoms with Gasteiger partial charge in [-0.25, -0.2) is 24.1 Å². The third kappa shape index (κ3) is 16.7. The quantitative estimate of drug-likeness (QED) is 0.0507. The largest absolute Gasteiger partial charge is 0.482 e. The molecule has 4 aromatic carbocycles. The van der Waals surface area contributed by atoms with Crippen molar-refractivity contribution in [3.63, 3.8) is 0 Å². The summed E-state index contributed by atoms with van der Waals surface area (Å²) < 4.78 is 43.8. The van der Waals surface area contributed by atoms with Crippen molar-refractivity contribution in [3.05, 3.63) is 117 Å². The molecule has 0 spiro atoms. The highest BCUT2D eigenvalue weighted by atomic mass is 35.5. The Morgan fingerprint density at radius 3 is 0.945 bits per heavy atom. The molecule has 0 aliphatic heterocycles. The van der Waals surface area contributed by atoms with Crippen molar-refractivity contribution < 1.29 is 57.1 Å². The van der Waals surface area contributed by atoms with Gasteiger partial charge in [0.2, 0.25) is 0 Å². The van der Waals surface area contributed by atoms with Gasteiger partial charge in [0, 0.05) is 20.1 Å². The lowest BCUT2D eigenvalue weighted by molar-refractivity contribution is -0.201. The summed E-state index contributed by atoms with van der Waals surface area (Å²) >= 11 is 23.6. The van der Waals surface area contributed by atoms with Gasteiger partial charge in [-0.15, -0.1) is 12.4 Å². The number of hydrogen-bond donors (Lipinski definition) is 0. The normalized spacial score (nSPS) is 11.6. The summed E-state index contributed by atoms with van der Waals surface area (Å²) in [5.74, 6) is -2.07. The van der Waals surface area contributed by atoms with E-state index in [2.05, 4.69) is 0 Å². The van der Waals surface area contributed by atoms with Gasteiger partial charge in [-0.05, 0) is 104 Å². The zero-order chi connectivity index (χ0) is 38.9. The van der Waals surface area contributed by atoms with Crippen molar-refractivity contribution in [2.75, 3.05) is 46.7 Å². The molecule has 4 rings (SSSR count). The van der Waals surface area contributed by atoms with Crippen molar-refractivity contribution in [1.82, 2.24) is 4.90 Å². The molecule has 0 aliphatic carbocycles. The van der Waals surface area contributed by atoms with E-state index in [0.29, 0.717) is 43.1 Å². The van der Waals surface area contributed by atoms with Crippen LogP contribution in [-0.2, 0) is 38.1 Å². The van der Waals surface area contributed by atoms with Crippen LogP contribution in [0.5, 0.6) is 23.0 Å². The predicted molar refractivity (Wildman–Crippen MR) is 204 cm³/mol. The summed E-state index contributed by atoms with van der Waals surface area (Å²) in [6, 6.07) is 25.1. The average Bonchev–Trinajstić information content (AvgIpc) is 3.16. The average molecular weight is 862 g/mol. The van der Waals surface area contributed by atoms with Gasteiger partial charge in [0.25, 0.3) is 0 Å². The van der Waals surface area contributed by atoms with Gasteiger partial charge in [-0.1, -0.05) is 46.4 Å². The van der Waals surface area contributed by atoms with Gasteiger partial charge in [0.05, 0.1) is 0 Å². The van der Waals surface area contributed by atoms with Crippen molar-refractivity contribution >= 4 is 82.7 Å². The Morgan fingerprint density at radius 1 is 0.455 bits per heavy atom. The molecule has 0 heterocycles. The molecule has 18 heteroatoms. The molecule has 0 fully saturated rings. The van der Waals surface area contributed by atoms with Crippen molar-refractivity contribution in [2.45, 2.75) is 12.5 Å². The number of carbonyl (C=O) groups excluding carboxylic acids is 4. The molecule has 0 bridgehead atoms. The Hall–Kier alpha value is -4.63. The van der Waals surface area contributed by atoms with Crippen molar-refractivity contribution in [2.24, 2.45) is 0 Å².